The smallest absolute Gasteiger partial charge is 0.274 e. The summed E-state index contributed by atoms with van der Waals surface area (Å²) in [7, 11) is 4.55. The third-order valence-corrected chi connectivity index (χ3v) is 6.85. The largest absolute Gasteiger partial charge is 0.595 e. The molecule has 35 heavy (non-hydrogen) atoms. The number of ether oxygens (including phenoxy) is 3. The number of halogens is 1. The number of nitrogens with zero attached hydrogens (tertiary/aromatic N) is 1. The second-order valence-electron chi connectivity index (χ2n) is 8.27. The summed E-state index contributed by atoms with van der Waals surface area (Å²) in [4.78, 5) is 18.5. The third kappa shape index (κ3) is 3.55. The molecule has 0 fully saturated rings. The highest BCUT2D eigenvalue weighted by molar-refractivity contribution is 6.19. The van der Waals surface area contributed by atoms with Crippen molar-refractivity contribution in [3.05, 3.63) is 58.9 Å². The Bertz CT molecular complexity index is 1450. The summed E-state index contributed by atoms with van der Waals surface area (Å²) in [5.74, 6) is 1.16. The molecule has 1 aromatic heterocycles. The summed E-state index contributed by atoms with van der Waals surface area (Å²) in [6, 6.07) is 12.4. The van der Waals surface area contributed by atoms with Crippen molar-refractivity contribution in [1.29, 1.82) is 0 Å². The monoisotopic (exact) mass is 497 g/mol. The van der Waals surface area contributed by atoms with Crippen LogP contribution >= 0.6 is 11.6 Å². The molecule has 1 aliphatic rings. The summed E-state index contributed by atoms with van der Waals surface area (Å²) in [5, 5.41) is 23.0. The Morgan fingerprint density at radius 2 is 1.86 bits per heavy atom. The molecule has 2 heterocycles. The van der Waals surface area contributed by atoms with Crippen LogP contribution in [-0.4, -0.2) is 49.9 Å². The molecule has 2 unspecified atom stereocenters. The number of nitrogens with one attached hydrogen (secondary N) is 2. The maximum Gasteiger partial charge on any atom is 0.274 e. The molecule has 2 atom stereocenters. The topological polar surface area (TPSA) is 112 Å². The van der Waals surface area contributed by atoms with Crippen LogP contribution in [0.4, 0.5) is 11.4 Å². The Hall–Kier alpha value is -3.50. The first-order valence-electron chi connectivity index (χ1n) is 10.9. The Morgan fingerprint density at radius 3 is 2.49 bits per heavy atom. The van der Waals surface area contributed by atoms with Crippen molar-refractivity contribution in [1.82, 2.24) is 4.98 Å². The molecule has 0 spiro atoms. The van der Waals surface area contributed by atoms with Crippen molar-refractivity contribution >= 4 is 50.6 Å². The number of carbonyl (C=O) groups excluding carboxylic acids is 1. The van der Waals surface area contributed by atoms with Crippen LogP contribution in [0, 0.1) is 5.21 Å². The minimum Gasteiger partial charge on any atom is -0.595 e. The molecule has 10 heteroatoms. The fourth-order valence-electron chi connectivity index (χ4n) is 4.95. The first kappa shape index (κ1) is 23.3. The molecule has 5 rings (SSSR count). The van der Waals surface area contributed by atoms with E-state index in [-0.39, 0.29) is 17.5 Å². The van der Waals surface area contributed by atoms with Crippen LogP contribution in [0.2, 0.25) is 0 Å². The Balaban J connectivity index is 1.66. The van der Waals surface area contributed by atoms with Crippen LogP contribution in [0.1, 0.15) is 22.0 Å². The van der Waals surface area contributed by atoms with Gasteiger partial charge >= 0.3 is 0 Å². The molecule has 3 N–H and O–H groups in total. The molecule has 3 aromatic carbocycles. The normalized spacial score (nSPS) is 15.9. The summed E-state index contributed by atoms with van der Waals surface area (Å²) >= 11 is 6.32. The lowest BCUT2D eigenvalue weighted by molar-refractivity contribution is -0.990. The van der Waals surface area contributed by atoms with E-state index in [9.17, 15) is 15.2 Å². The maximum absolute atomic E-state index is 13.8. The molecule has 9 nitrogen and oxygen atoms in total. The highest BCUT2D eigenvalue weighted by atomic mass is 35.5. The minimum atomic E-state index is -1.06. The van der Waals surface area contributed by atoms with Crippen LogP contribution in [0.15, 0.2) is 42.5 Å². The lowest BCUT2D eigenvalue weighted by atomic mass is 9.95. The van der Waals surface area contributed by atoms with Crippen LogP contribution in [-0.2, 0) is 0 Å². The van der Waals surface area contributed by atoms with Gasteiger partial charge in [-0.2, -0.15) is 5.23 Å². The highest BCUT2D eigenvalue weighted by Gasteiger charge is 2.36. The standard InChI is InChI=1S/C25H24ClN3O6/c1-33-20-9-13-8-17(27-22(13)24(35-3)23(20)34-2)25(30)28-12-14(11-26)21-16-7-5-4-6-15(16)18(29(31)32)10-19(21)28/h4-10,14,27,29,31H,11-12H2,1-3H3. The molecule has 0 bridgehead atoms. The Morgan fingerprint density at radius 1 is 1.14 bits per heavy atom. The summed E-state index contributed by atoms with van der Waals surface area (Å²) in [6.07, 6.45) is 0. The zero-order chi connectivity index (χ0) is 24.9. The lowest BCUT2D eigenvalue weighted by Gasteiger charge is -2.20. The molecule has 1 aliphatic heterocycles. The van der Waals surface area contributed by atoms with Crippen LogP contribution in [0.5, 0.6) is 17.2 Å². The zero-order valence-corrected chi connectivity index (χ0v) is 20.1. The molecule has 0 saturated carbocycles. The molecule has 0 aliphatic carbocycles. The van der Waals surface area contributed by atoms with Gasteiger partial charge in [0.25, 0.3) is 5.91 Å². The number of quaternary nitrogens is 1. The molecule has 0 saturated heterocycles. The molecule has 1 amide bonds. The number of fused-ring (bicyclic) bond motifs is 4. The summed E-state index contributed by atoms with van der Waals surface area (Å²) in [5.41, 5.74) is 2.48. The number of carbonyl (C=O) groups is 1. The van der Waals surface area contributed by atoms with Gasteiger partial charge in [-0.15, -0.1) is 11.6 Å². The number of aromatic amines is 1. The summed E-state index contributed by atoms with van der Waals surface area (Å²) < 4.78 is 16.4. The number of aromatic nitrogens is 1. The van der Waals surface area contributed by atoms with Gasteiger partial charge in [0.1, 0.15) is 5.69 Å². The van der Waals surface area contributed by atoms with Crippen molar-refractivity contribution in [3.8, 4) is 17.2 Å². The van der Waals surface area contributed by atoms with E-state index in [1.54, 1.807) is 35.2 Å². The van der Waals surface area contributed by atoms with E-state index in [1.165, 1.54) is 21.3 Å². The fraction of sp³-hybridized carbons (Fsp3) is 0.240. The SMILES string of the molecule is COc1cc2cc(C(=O)N3CC(CCl)c4c3cc([NH+]([O-])O)c3ccccc43)[nH]c2c(OC)c1OC. The molecular weight excluding hydrogens is 474 g/mol. The number of hydrogen-bond acceptors (Lipinski definition) is 6. The molecule has 0 radical (unpaired) electrons. The van der Waals surface area contributed by atoms with E-state index < -0.39 is 5.23 Å². The number of benzene rings is 3. The van der Waals surface area contributed by atoms with E-state index in [0.717, 1.165) is 10.9 Å². The Labute approximate surface area is 205 Å². The van der Waals surface area contributed by atoms with Gasteiger partial charge in [0.2, 0.25) is 5.75 Å². The van der Waals surface area contributed by atoms with Crippen molar-refractivity contribution in [3.63, 3.8) is 0 Å². The number of rotatable bonds is 6. The predicted molar refractivity (Wildman–Crippen MR) is 133 cm³/mol. The van der Waals surface area contributed by atoms with E-state index in [1.807, 2.05) is 12.1 Å². The van der Waals surface area contributed by atoms with Gasteiger partial charge in [-0.05, 0) is 29.1 Å². The van der Waals surface area contributed by atoms with E-state index in [2.05, 4.69) is 4.98 Å². The van der Waals surface area contributed by atoms with Crippen molar-refractivity contribution in [2.45, 2.75) is 5.92 Å². The molecule has 4 aromatic rings. The van der Waals surface area contributed by atoms with Crippen LogP contribution < -0.4 is 24.3 Å². The number of methoxy groups -OCH3 is 3. The second-order valence-corrected chi connectivity index (χ2v) is 8.58. The number of amides is 1. The van der Waals surface area contributed by atoms with Gasteiger partial charge in [-0.25, -0.2) is 5.21 Å². The maximum atomic E-state index is 13.8. The minimum absolute atomic E-state index is 0.137. The van der Waals surface area contributed by atoms with Gasteiger partial charge in [0, 0.05) is 35.2 Å². The van der Waals surface area contributed by atoms with Gasteiger partial charge in [-0.3, -0.25) is 4.79 Å². The van der Waals surface area contributed by atoms with Crippen molar-refractivity contribution < 1.29 is 29.4 Å². The van der Waals surface area contributed by atoms with E-state index in [0.29, 0.717) is 57.3 Å². The summed E-state index contributed by atoms with van der Waals surface area (Å²) in [6.45, 7) is 0.337. The Kier molecular flexibility index (Phi) is 5.94. The van der Waals surface area contributed by atoms with E-state index >= 15 is 0 Å². The number of anilines is 1. The number of H-pyrrole nitrogens is 1. The average molecular weight is 498 g/mol. The predicted octanol–water partition coefficient (Wildman–Crippen LogP) is 3.73. The van der Waals surface area contributed by atoms with E-state index in [4.69, 9.17) is 25.8 Å². The lowest BCUT2D eigenvalue weighted by Crippen LogP contribution is -2.99. The molecule has 182 valence electrons. The average Bonchev–Trinajstić information content (AvgIpc) is 3.47. The second kappa shape index (κ2) is 8.94. The quantitative estimate of drug-likeness (QED) is 0.276. The van der Waals surface area contributed by atoms with Gasteiger partial charge in [0.05, 0.1) is 32.5 Å². The molecular formula is C25H24ClN3O6. The van der Waals surface area contributed by atoms with Crippen molar-refractivity contribution in [2.24, 2.45) is 0 Å². The number of alkyl halides is 1. The zero-order valence-electron chi connectivity index (χ0n) is 19.3. The van der Waals surface area contributed by atoms with Gasteiger partial charge in [0.15, 0.2) is 17.2 Å². The first-order valence-corrected chi connectivity index (χ1v) is 11.4. The number of hydrogen-bond donors (Lipinski definition) is 3. The van der Waals surface area contributed by atoms with Crippen LogP contribution in [0.25, 0.3) is 21.7 Å². The third-order valence-electron chi connectivity index (χ3n) is 6.48. The fourth-order valence-corrected chi connectivity index (χ4v) is 5.20. The van der Waals surface area contributed by atoms with Crippen molar-refractivity contribution in [2.75, 3.05) is 38.7 Å². The highest BCUT2D eigenvalue weighted by Crippen LogP contribution is 2.46. The van der Waals surface area contributed by atoms with Gasteiger partial charge < -0.3 is 29.3 Å². The van der Waals surface area contributed by atoms with Crippen LogP contribution in [0.3, 0.4) is 0 Å². The van der Waals surface area contributed by atoms with Gasteiger partial charge in [-0.1, -0.05) is 18.2 Å². The first-order chi connectivity index (χ1) is 16.9.